The highest BCUT2D eigenvalue weighted by molar-refractivity contribution is 5.75. The van der Waals surface area contributed by atoms with Crippen molar-refractivity contribution in [2.24, 2.45) is 11.8 Å². The minimum absolute atomic E-state index is 0.145. The molecule has 2 N–H and O–H groups in total. The standard InChI is InChI=1S/C13H26N2O/c1-10-6-4-7-12(11(10)2)15-9-5-8-13(16)14-3/h10-12,15H,4-9H2,1-3H3,(H,14,16). The van der Waals surface area contributed by atoms with Gasteiger partial charge in [0.25, 0.3) is 0 Å². The van der Waals surface area contributed by atoms with Crippen LogP contribution in [-0.4, -0.2) is 25.5 Å². The molecule has 3 heteroatoms. The van der Waals surface area contributed by atoms with Gasteiger partial charge in [0.15, 0.2) is 0 Å². The third-order valence-corrected chi connectivity index (χ3v) is 3.97. The zero-order chi connectivity index (χ0) is 12.0. The van der Waals surface area contributed by atoms with Crippen molar-refractivity contribution in [2.75, 3.05) is 13.6 Å². The smallest absolute Gasteiger partial charge is 0.219 e. The van der Waals surface area contributed by atoms with Gasteiger partial charge in [0.05, 0.1) is 0 Å². The molecule has 0 aromatic heterocycles. The molecule has 0 bridgehead atoms. The van der Waals surface area contributed by atoms with Gasteiger partial charge in [-0.1, -0.05) is 26.7 Å². The molecule has 3 atom stereocenters. The zero-order valence-corrected chi connectivity index (χ0v) is 10.9. The van der Waals surface area contributed by atoms with Crippen molar-refractivity contribution in [3.8, 4) is 0 Å². The van der Waals surface area contributed by atoms with Crippen molar-refractivity contribution < 1.29 is 4.79 Å². The topological polar surface area (TPSA) is 41.1 Å². The van der Waals surface area contributed by atoms with Crippen LogP contribution in [-0.2, 0) is 4.79 Å². The Kier molecular flexibility index (Phi) is 5.81. The van der Waals surface area contributed by atoms with E-state index in [4.69, 9.17) is 0 Å². The van der Waals surface area contributed by atoms with E-state index >= 15 is 0 Å². The average molecular weight is 226 g/mol. The summed E-state index contributed by atoms with van der Waals surface area (Å²) in [6, 6.07) is 0.661. The molecule has 0 saturated heterocycles. The molecule has 0 radical (unpaired) electrons. The lowest BCUT2D eigenvalue weighted by Gasteiger charge is -2.34. The molecule has 16 heavy (non-hydrogen) atoms. The molecule has 1 rings (SSSR count). The van der Waals surface area contributed by atoms with Crippen LogP contribution in [0.25, 0.3) is 0 Å². The molecule has 1 amide bonds. The Morgan fingerprint density at radius 3 is 2.75 bits per heavy atom. The second-order valence-electron chi connectivity index (χ2n) is 5.10. The van der Waals surface area contributed by atoms with Gasteiger partial charge >= 0.3 is 0 Å². The van der Waals surface area contributed by atoms with Crippen molar-refractivity contribution in [1.29, 1.82) is 0 Å². The summed E-state index contributed by atoms with van der Waals surface area (Å²) in [4.78, 5) is 11.0. The first-order valence-electron chi connectivity index (χ1n) is 6.59. The molecule has 1 fully saturated rings. The average Bonchev–Trinajstić information content (AvgIpc) is 2.29. The maximum absolute atomic E-state index is 11.0. The van der Waals surface area contributed by atoms with Crippen LogP contribution >= 0.6 is 0 Å². The quantitative estimate of drug-likeness (QED) is 0.703. The van der Waals surface area contributed by atoms with Crippen LogP contribution in [0.4, 0.5) is 0 Å². The van der Waals surface area contributed by atoms with E-state index < -0.39 is 0 Å². The van der Waals surface area contributed by atoms with Gasteiger partial charge in [0.2, 0.25) is 5.91 Å². The first kappa shape index (κ1) is 13.5. The number of rotatable bonds is 5. The zero-order valence-electron chi connectivity index (χ0n) is 10.9. The Bertz CT molecular complexity index is 218. The summed E-state index contributed by atoms with van der Waals surface area (Å²) in [5.41, 5.74) is 0. The van der Waals surface area contributed by atoms with Gasteiger partial charge in [-0.05, 0) is 31.2 Å². The second kappa shape index (κ2) is 6.89. The highest BCUT2D eigenvalue weighted by atomic mass is 16.1. The van der Waals surface area contributed by atoms with Crippen molar-refractivity contribution >= 4 is 5.91 Å². The van der Waals surface area contributed by atoms with Gasteiger partial charge in [0, 0.05) is 19.5 Å². The van der Waals surface area contributed by atoms with E-state index in [1.54, 1.807) is 7.05 Å². The molecule has 1 aliphatic rings. The Morgan fingerprint density at radius 2 is 2.06 bits per heavy atom. The fraction of sp³-hybridized carbons (Fsp3) is 0.923. The van der Waals surface area contributed by atoms with Crippen LogP contribution in [0.1, 0.15) is 46.0 Å². The third-order valence-electron chi connectivity index (χ3n) is 3.97. The maximum atomic E-state index is 11.0. The molecule has 0 aromatic rings. The monoisotopic (exact) mass is 226 g/mol. The van der Waals surface area contributed by atoms with Gasteiger partial charge in [-0.25, -0.2) is 0 Å². The van der Waals surface area contributed by atoms with E-state index in [0.29, 0.717) is 12.5 Å². The normalized spacial score (nSPS) is 30.1. The lowest BCUT2D eigenvalue weighted by Crippen LogP contribution is -2.41. The SMILES string of the molecule is CNC(=O)CCCNC1CCCC(C)C1C. The summed E-state index contributed by atoms with van der Waals surface area (Å²) in [5.74, 6) is 1.76. The third kappa shape index (κ3) is 4.12. The second-order valence-corrected chi connectivity index (χ2v) is 5.10. The first-order chi connectivity index (χ1) is 7.65. The Morgan fingerprint density at radius 1 is 1.31 bits per heavy atom. The number of nitrogens with one attached hydrogen (secondary N) is 2. The predicted octanol–water partition coefficient (Wildman–Crippen LogP) is 1.93. The largest absolute Gasteiger partial charge is 0.359 e. The summed E-state index contributed by atoms with van der Waals surface area (Å²) in [6.07, 6.45) is 5.60. The van der Waals surface area contributed by atoms with E-state index in [1.807, 2.05) is 0 Å². The minimum Gasteiger partial charge on any atom is -0.359 e. The highest BCUT2D eigenvalue weighted by Gasteiger charge is 2.26. The maximum Gasteiger partial charge on any atom is 0.219 e. The molecule has 3 unspecified atom stereocenters. The van der Waals surface area contributed by atoms with Crippen molar-refractivity contribution in [1.82, 2.24) is 10.6 Å². The van der Waals surface area contributed by atoms with Crippen LogP contribution in [0.15, 0.2) is 0 Å². The number of carbonyl (C=O) groups excluding carboxylic acids is 1. The van der Waals surface area contributed by atoms with Crippen molar-refractivity contribution in [3.05, 3.63) is 0 Å². The molecule has 1 aliphatic carbocycles. The van der Waals surface area contributed by atoms with Gasteiger partial charge in [-0.2, -0.15) is 0 Å². The predicted molar refractivity (Wildman–Crippen MR) is 67.3 cm³/mol. The summed E-state index contributed by atoms with van der Waals surface area (Å²) in [6.45, 7) is 5.67. The molecule has 0 spiro atoms. The van der Waals surface area contributed by atoms with Gasteiger partial charge < -0.3 is 10.6 Å². The molecule has 0 aromatic carbocycles. The lowest BCUT2D eigenvalue weighted by molar-refractivity contribution is -0.120. The molecular weight excluding hydrogens is 200 g/mol. The summed E-state index contributed by atoms with van der Waals surface area (Å²) < 4.78 is 0. The summed E-state index contributed by atoms with van der Waals surface area (Å²) in [5, 5.41) is 6.25. The van der Waals surface area contributed by atoms with Crippen LogP contribution in [0.5, 0.6) is 0 Å². The first-order valence-corrected chi connectivity index (χ1v) is 6.59. The van der Waals surface area contributed by atoms with Crippen LogP contribution in [0, 0.1) is 11.8 Å². The molecule has 94 valence electrons. The van der Waals surface area contributed by atoms with E-state index in [9.17, 15) is 4.79 Å². The number of hydrogen-bond acceptors (Lipinski definition) is 2. The van der Waals surface area contributed by atoms with E-state index in [2.05, 4.69) is 24.5 Å². The van der Waals surface area contributed by atoms with Crippen molar-refractivity contribution in [3.63, 3.8) is 0 Å². The molecular formula is C13H26N2O. The van der Waals surface area contributed by atoms with E-state index in [0.717, 1.165) is 24.8 Å². The fourth-order valence-electron chi connectivity index (χ4n) is 2.53. The molecule has 0 aliphatic heterocycles. The van der Waals surface area contributed by atoms with Crippen molar-refractivity contribution in [2.45, 2.75) is 52.0 Å². The summed E-state index contributed by atoms with van der Waals surface area (Å²) >= 11 is 0. The molecule has 1 saturated carbocycles. The summed E-state index contributed by atoms with van der Waals surface area (Å²) in [7, 11) is 1.70. The Labute approximate surface area is 99.4 Å². The Hall–Kier alpha value is -0.570. The minimum atomic E-state index is 0.145. The molecule has 3 nitrogen and oxygen atoms in total. The number of carbonyl (C=O) groups is 1. The highest BCUT2D eigenvalue weighted by Crippen LogP contribution is 2.29. The number of hydrogen-bond donors (Lipinski definition) is 2. The van der Waals surface area contributed by atoms with E-state index in [1.165, 1.54) is 19.3 Å². The Balaban J connectivity index is 2.14. The molecule has 0 heterocycles. The van der Waals surface area contributed by atoms with Gasteiger partial charge in [0.1, 0.15) is 0 Å². The lowest BCUT2D eigenvalue weighted by atomic mass is 9.78. The number of amides is 1. The van der Waals surface area contributed by atoms with Gasteiger partial charge in [-0.15, -0.1) is 0 Å². The van der Waals surface area contributed by atoms with E-state index in [-0.39, 0.29) is 5.91 Å². The van der Waals surface area contributed by atoms with Gasteiger partial charge in [-0.3, -0.25) is 4.79 Å². The fourth-order valence-corrected chi connectivity index (χ4v) is 2.53. The van der Waals surface area contributed by atoms with Crippen LogP contribution in [0.2, 0.25) is 0 Å². The van der Waals surface area contributed by atoms with Crippen LogP contribution in [0.3, 0.4) is 0 Å². The van der Waals surface area contributed by atoms with Crippen LogP contribution < -0.4 is 10.6 Å².